The van der Waals surface area contributed by atoms with Gasteiger partial charge in [0.2, 0.25) is 5.91 Å². The third kappa shape index (κ3) is 3.85. The molecule has 0 unspecified atom stereocenters. The van der Waals surface area contributed by atoms with Gasteiger partial charge in [-0.05, 0) is 18.6 Å². The van der Waals surface area contributed by atoms with Crippen LogP contribution in [0.5, 0.6) is 0 Å². The number of nitrogens with zero attached hydrogens (tertiary/aromatic N) is 2. The third-order valence-corrected chi connectivity index (χ3v) is 4.16. The second-order valence-corrected chi connectivity index (χ2v) is 5.71. The second kappa shape index (κ2) is 7.26. The smallest absolute Gasteiger partial charge is 0.261 e. The lowest BCUT2D eigenvalue weighted by Gasteiger charge is -2.08. The van der Waals surface area contributed by atoms with E-state index in [1.807, 2.05) is 18.2 Å². The van der Waals surface area contributed by atoms with Crippen molar-refractivity contribution < 1.29 is 4.79 Å². The van der Waals surface area contributed by atoms with Gasteiger partial charge in [0, 0.05) is 13.6 Å². The first-order chi connectivity index (χ1) is 10.1. The number of rotatable bonds is 6. The van der Waals surface area contributed by atoms with E-state index < -0.39 is 0 Å². The quantitative estimate of drug-likeness (QED) is 0.503. The molecule has 1 aromatic carbocycles. The maximum atomic E-state index is 12.2. The summed E-state index contributed by atoms with van der Waals surface area (Å²) in [4.78, 5) is 28.4. The predicted molar refractivity (Wildman–Crippen MR) is 85.6 cm³/mol. The zero-order chi connectivity index (χ0) is 15.2. The van der Waals surface area contributed by atoms with Crippen LogP contribution in [-0.4, -0.2) is 27.8 Å². The molecule has 112 valence electrons. The number of thioether (sulfide) groups is 1. The average Bonchev–Trinajstić information content (AvgIpc) is 2.50. The van der Waals surface area contributed by atoms with Gasteiger partial charge in [0.25, 0.3) is 5.56 Å². The molecule has 0 atom stereocenters. The standard InChI is InChI=1S/C15H19N3O2S/c1-3-4-9-16-13(19)10-21-15-17-12-8-6-5-7-11(12)14(20)18(15)2/h5-8H,3-4,9-10H2,1-2H3,(H,16,19). The monoisotopic (exact) mass is 305 g/mol. The fraction of sp³-hybridized carbons (Fsp3) is 0.400. The minimum atomic E-state index is -0.0884. The van der Waals surface area contributed by atoms with Gasteiger partial charge in [-0.25, -0.2) is 4.98 Å². The van der Waals surface area contributed by atoms with Crippen molar-refractivity contribution in [2.24, 2.45) is 7.05 Å². The molecule has 21 heavy (non-hydrogen) atoms. The van der Waals surface area contributed by atoms with Crippen LogP contribution in [0.1, 0.15) is 19.8 Å². The van der Waals surface area contributed by atoms with Gasteiger partial charge >= 0.3 is 0 Å². The molecule has 0 aliphatic carbocycles. The SMILES string of the molecule is CCCCNC(=O)CSc1nc2ccccc2c(=O)n1C. The van der Waals surface area contributed by atoms with Crippen molar-refractivity contribution in [2.75, 3.05) is 12.3 Å². The zero-order valence-corrected chi connectivity index (χ0v) is 13.1. The highest BCUT2D eigenvalue weighted by Gasteiger charge is 2.10. The number of nitrogens with one attached hydrogen (secondary N) is 1. The molecule has 0 bridgehead atoms. The molecule has 1 heterocycles. The number of aromatic nitrogens is 2. The van der Waals surface area contributed by atoms with Gasteiger partial charge in [0.15, 0.2) is 5.16 Å². The van der Waals surface area contributed by atoms with Crippen molar-refractivity contribution >= 4 is 28.6 Å². The van der Waals surface area contributed by atoms with Crippen LogP contribution in [0.25, 0.3) is 10.9 Å². The van der Waals surface area contributed by atoms with Crippen molar-refractivity contribution in [2.45, 2.75) is 24.9 Å². The minimum absolute atomic E-state index is 0.0316. The molecule has 0 saturated carbocycles. The summed E-state index contributed by atoms with van der Waals surface area (Å²) >= 11 is 1.28. The Balaban J connectivity index is 2.10. The van der Waals surface area contributed by atoms with Gasteiger partial charge in [0.1, 0.15) is 0 Å². The molecular weight excluding hydrogens is 286 g/mol. The van der Waals surface area contributed by atoms with E-state index in [-0.39, 0.29) is 17.2 Å². The number of para-hydroxylation sites is 1. The predicted octanol–water partition coefficient (Wildman–Crippen LogP) is 1.94. The topological polar surface area (TPSA) is 64.0 Å². The molecule has 1 aromatic heterocycles. The number of fused-ring (bicyclic) bond motifs is 1. The van der Waals surface area contributed by atoms with Crippen LogP contribution in [0.4, 0.5) is 0 Å². The van der Waals surface area contributed by atoms with Gasteiger partial charge in [0.05, 0.1) is 16.7 Å². The Kier molecular flexibility index (Phi) is 5.38. The van der Waals surface area contributed by atoms with E-state index in [0.29, 0.717) is 22.6 Å². The highest BCUT2D eigenvalue weighted by Crippen LogP contribution is 2.16. The molecule has 0 saturated heterocycles. The number of amides is 1. The molecule has 0 spiro atoms. The molecule has 6 heteroatoms. The first kappa shape index (κ1) is 15.6. The van der Waals surface area contributed by atoms with Crippen LogP contribution in [0, 0.1) is 0 Å². The highest BCUT2D eigenvalue weighted by molar-refractivity contribution is 7.99. The first-order valence-corrected chi connectivity index (χ1v) is 7.97. The Labute approximate surface area is 127 Å². The van der Waals surface area contributed by atoms with E-state index >= 15 is 0 Å². The molecule has 0 fully saturated rings. The van der Waals surface area contributed by atoms with Crippen LogP contribution in [0.3, 0.4) is 0 Å². The summed E-state index contributed by atoms with van der Waals surface area (Å²) in [7, 11) is 1.68. The number of carbonyl (C=O) groups is 1. The lowest BCUT2D eigenvalue weighted by atomic mass is 10.2. The zero-order valence-electron chi connectivity index (χ0n) is 12.3. The number of hydrogen-bond donors (Lipinski definition) is 1. The Hall–Kier alpha value is -1.82. The van der Waals surface area contributed by atoms with E-state index in [1.165, 1.54) is 16.3 Å². The van der Waals surface area contributed by atoms with Crippen LogP contribution < -0.4 is 10.9 Å². The number of carbonyl (C=O) groups excluding carboxylic acids is 1. The fourth-order valence-electron chi connectivity index (χ4n) is 1.91. The number of benzene rings is 1. The Bertz CT molecular complexity index is 697. The second-order valence-electron chi connectivity index (χ2n) is 4.77. The van der Waals surface area contributed by atoms with E-state index in [9.17, 15) is 9.59 Å². The highest BCUT2D eigenvalue weighted by atomic mass is 32.2. The fourth-order valence-corrected chi connectivity index (χ4v) is 2.71. The van der Waals surface area contributed by atoms with E-state index in [4.69, 9.17) is 0 Å². The van der Waals surface area contributed by atoms with E-state index in [0.717, 1.165) is 12.8 Å². The van der Waals surface area contributed by atoms with Crippen LogP contribution >= 0.6 is 11.8 Å². The summed E-state index contributed by atoms with van der Waals surface area (Å²) < 4.78 is 1.49. The third-order valence-electron chi connectivity index (χ3n) is 3.13. The Morgan fingerprint density at radius 2 is 2.14 bits per heavy atom. The summed E-state index contributed by atoms with van der Waals surface area (Å²) in [5.41, 5.74) is 0.573. The molecule has 1 N–H and O–H groups in total. The molecule has 0 aliphatic heterocycles. The van der Waals surface area contributed by atoms with Gasteiger partial charge in [-0.15, -0.1) is 0 Å². The van der Waals surface area contributed by atoms with Crippen LogP contribution in [0.15, 0.2) is 34.2 Å². The van der Waals surface area contributed by atoms with E-state index in [1.54, 1.807) is 13.1 Å². The first-order valence-electron chi connectivity index (χ1n) is 6.98. The van der Waals surface area contributed by atoms with Crippen molar-refractivity contribution in [3.63, 3.8) is 0 Å². The molecule has 5 nitrogen and oxygen atoms in total. The molecule has 2 aromatic rings. The maximum absolute atomic E-state index is 12.2. The van der Waals surface area contributed by atoms with Crippen LogP contribution in [0.2, 0.25) is 0 Å². The minimum Gasteiger partial charge on any atom is -0.355 e. The summed E-state index contributed by atoms with van der Waals surface area (Å²) in [6.45, 7) is 2.77. The summed E-state index contributed by atoms with van der Waals surface area (Å²) in [6.07, 6.45) is 2.03. The van der Waals surface area contributed by atoms with Crippen molar-refractivity contribution in [1.29, 1.82) is 0 Å². The number of hydrogen-bond acceptors (Lipinski definition) is 4. The van der Waals surface area contributed by atoms with Gasteiger partial charge in [-0.3, -0.25) is 14.2 Å². The summed E-state index contributed by atoms with van der Waals surface area (Å²) in [5.74, 6) is 0.235. The molecule has 0 radical (unpaired) electrons. The molecular formula is C15H19N3O2S. The summed E-state index contributed by atoms with van der Waals surface area (Å²) in [6, 6.07) is 7.23. The lowest BCUT2D eigenvalue weighted by Crippen LogP contribution is -2.27. The van der Waals surface area contributed by atoms with Crippen molar-refractivity contribution in [3.8, 4) is 0 Å². The van der Waals surface area contributed by atoms with Gasteiger partial charge < -0.3 is 5.32 Å². The number of unbranched alkanes of at least 4 members (excludes halogenated alkanes) is 1. The van der Waals surface area contributed by atoms with Gasteiger partial charge in [-0.2, -0.15) is 0 Å². The normalized spacial score (nSPS) is 10.8. The van der Waals surface area contributed by atoms with Crippen molar-refractivity contribution in [1.82, 2.24) is 14.9 Å². The van der Waals surface area contributed by atoms with Crippen LogP contribution in [-0.2, 0) is 11.8 Å². The molecule has 1 amide bonds. The lowest BCUT2D eigenvalue weighted by molar-refractivity contribution is -0.118. The average molecular weight is 305 g/mol. The molecule has 2 rings (SSSR count). The van der Waals surface area contributed by atoms with Crippen molar-refractivity contribution in [3.05, 3.63) is 34.6 Å². The Morgan fingerprint density at radius 3 is 2.90 bits per heavy atom. The molecule has 0 aliphatic rings. The Morgan fingerprint density at radius 1 is 1.38 bits per heavy atom. The summed E-state index contributed by atoms with van der Waals surface area (Å²) in [5, 5.41) is 4.00. The van der Waals surface area contributed by atoms with E-state index in [2.05, 4.69) is 17.2 Å². The largest absolute Gasteiger partial charge is 0.355 e. The maximum Gasteiger partial charge on any atom is 0.261 e. The van der Waals surface area contributed by atoms with Gasteiger partial charge in [-0.1, -0.05) is 37.2 Å².